The summed E-state index contributed by atoms with van der Waals surface area (Å²) in [5.74, 6) is 0.962. The van der Waals surface area contributed by atoms with Gasteiger partial charge in [0.25, 0.3) is 0 Å². The van der Waals surface area contributed by atoms with E-state index in [0.717, 1.165) is 28.4 Å². The molecule has 0 fully saturated rings. The van der Waals surface area contributed by atoms with Gasteiger partial charge >= 0.3 is 0 Å². The van der Waals surface area contributed by atoms with E-state index in [-0.39, 0.29) is 0 Å². The Bertz CT molecular complexity index is 356. The summed E-state index contributed by atoms with van der Waals surface area (Å²) in [6.45, 7) is 10.0. The Morgan fingerprint density at radius 3 is 2.44 bits per heavy atom. The highest BCUT2D eigenvalue weighted by Crippen LogP contribution is 2.26. The van der Waals surface area contributed by atoms with Gasteiger partial charge in [0.1, 0.15) is 12.4 Å². The van der Waals surface area contributed by atoms with E-state index in [1.54, 1.807) is 0 Å². The topological polar surface area (TPSA) is 21.3 Å². The first-order valence-corrected chi connectivity index (χ1v) is 7.05. The summed E-state index contributed by atoms with van der Waals surface area (Å²) in [5, 5.41) is 4.22. The highest BCUT2D eigenvalue weighted by Gasteiger charge is 2.06. The first-order chi connectivity index (χ1) is 8.54. The lowest BCUT2D eigenvalue weighted by molar-refractivity contribution is 0.301. The van der Waals surface area contributed by atoms with E-state index in [2.05, 4.69) is 19.2 Å². The molecule has 1 aromatic carbocycles. The van der Waals surface area contributed by atoms with Crippen molar-refractivity contribution in [1.29, 1.82) is 0 Å². The fraction of sp³-hybridized carbons (Fsp3) is 0.600. The fourth-order valence-electron chi connectivity index (χ4n) is 2.12. The zero-order valence-electron chi connectivity index (χ0n) is 11.8. The molecule has 0 saturated heterocycles. The van der Waals surface area contributed by atoms with E-state index in [9.17, 15) is 0 Å². The van der Waals surface area contributed by atoms with Crippen molar-refractivity contribution in [3.05, 3.63) is 28.3 Å². The number of benzene rings is 1. The van der Waals surface area contributed by atoms with Crippen molar-refractivity contribution in [2.45, 2.75) is 46.6 Å². The molecule has 1 atom stereocenters. The third-order valence-corrected chi connectivity index (χ3v) is 3.21. The predicted molar refractivity (Wildman–Crippen MR) is 78.8 cm³/mol. The molecular weight excluding hydrogens is 246 g/mol. The predicted octanol–water partition coefficient (Wildman–Crippen LogP) is 4.11. The largest absolute Gasteiger partial charge is 0.492 e. The molecule has 0 aromatic heterocycles. The van der Waals surface area contributed by atoms with Crippen molar-refractivity contribution < 1.29 is 4.74 Å². The number of nitrogens with one attached hydrogen (secondary N) is 1. The van der Waals surface area contributed by atoms with Gasteiger partial charge in [-0.15, -0.1) is 0 Å². The van der Waals surface area contributed by atoms with Crippen LogP contribution in [-0.4, -0.2) is 19.2 Å². The Labute approximate surface area is 116 Å². The normalized spacial score (nSPS) is 12.5. The minimum atomic E-state index is 0.561. The number of halogens is 1. The second-order valence-corrected chi connectivity index (χ2v) is 5.30. The number of rotatable bonds is 7. The van der Waals surface area contributed by atoms with Gasteiger partial charge in [-0.3, -0.25) is 0 Å². The van der Waals surface area contributed by atoms with E-state index in [4.69, 9.17) is 16.3 Å². The molecule has 0 aliphatic heterocycles. The Hall–Kier alpha value is -0.730. The number of aryl methyl sites for hydroxylation is 2. The molecular formula is C15H24ClNO. The van der Waals surface area contributed by atoms with Gasteiger partial charge in [-0.2, -0.15) is 0 Å². The second kappa shape index (κ2) is 7.65. The first-order valence-electron chi connectivity index (χ1n) is 6.67. The summed E-state index contributed by atoms with van der Waals surface area (Å²) in [6, 6.07) is 4.44. The van der Waals surface area contributed by atoms with E-state index < -0.39 is 0 Å². The number of hydrogen-bond donors (Lipinski definition) is 1. The molecule has 1 unspecified atom stereocenters. The van der Waals surface area contributed by atoms with Crippen molar-refractivity contribution in [1.82, 2.24) is 5.32 Å². The quantitative estimate of drug-likeness (QED) is 0.752. The minimum Gasteiger partial charge on any atom is -0.492 e. The van der Waals surface area contributed by atoms with E-state index in [1.807, 2.05) is 26.0 Å². The van der Waals surface area contributed by atoms with Crippen LogP contribution in [0.15, 0.2) is 12.1 Å². The SMILES string of the molecule is CCCC(C)NCCOc1c(C)cc(Cl)cc1C. The summed E-state index contributed by atoms with van der Waals surface area (Å²) in [4.78, 5) is 0. The molecule has 3 heteroatoms. The Morgan fingerprint density at radius 2 is 1.89 bits per heavy atom. The summed E-state index contributed by atoms with van der Waals surface area (Å²) >= 11 is 5.99. The average Bonchev–Trinajstić information content (AvgIpc) is 2.27. The van der Waals surface area contributed by atoms with Crippen molar-refractivity contribution in [3.8, 4) is 5.75 Å². The second-order valence-electron chi connectivity index (χ2n) is 4.86. The lowest BCUT2D eigenvalue weighted by atomic mass is 10.1. The van der Waals surface area contributed by atoms with E-state index >= 15 is 0 Å². The van der Waals surface area contributed by atoms with Gasteiger partial charge < -0.3 is 10.1 Å². The molecule has 1 N–H and O–H groups in total. The van der Waals surface area contributed by atoms with E-state index in [0.29, 0.717) is 12.6 Å². The standard InChI is InChI=1S/C15H24ClNO/c1-5-6-13(4)17-7-8-18-15-11(2)9-14(16)10-12(15)3/h9-10,13,17H,5-8H2,1-4H3. The molecule has 0 radical (unpaired) electrons. The van der Waals surface area contributed by atoms with Crippen LogP contribution >= 0.6 is 11.6 Å². The van der Waals surface area contributed by atoms with Crippen LogP contribution in [0, 0.1) is 13.8 Å². The molecule has 0 aliphatic rings. The van der Waals surface area contributed by atoms with Crippen LogP contribution in [0.1, 0.15) is 37.8 Å². The van der Waals surface area contributed by atoms with Crippen LogP contribution in [0.3, 0.4) is 0 Å². The molecule has 0 heterocycles. The monoisotopic (exact) mass is 269 g/mol. The lowest BCUT2D eigenvalue weighted by Crippen LogP contribution is -2.30. The molecule has 0 saturated carbocycles. The maximum Gasteiger partial charge on any atom is 0.125 e. The van der Waals surface area contributed by atoms with Crippen LogP contribution in [0.2, 0.25) is 5.02 Å². The number of hydrogen-bond acceptors (Lipinski definition) is 2. The molecule has 1 aromatic rings. The van der Waals surface area contributed by atoms with Gasteiger partial charge in [0.05, 0.1) is 0 Å². The Morgan fingerprint density at radius 1 is 1.28 bits per heavy atom. The van der Waals surface area contributed by atoms with Crippen LogP contribution < -0.4 is 10.1 Å². The minimum absolute atomic E-state index is 0.561. The molecule has 1 rings (SSSR count). The van der Waals surface area contributed by atoms with Crippen LogP contribution in [-0.2, 0) is 0 Å². The van der Waals surface area contributed by atoms with Gasteiger partial charge in [-0.05, 0) is 50.5 Å². The van der Waals surface area contributed by atoms with Gasteiger partial charge in [-0.25, -0.2) is 0 Å². The van der Waals surface area contributed by atoms with Gasteiger partial charge in [-0.1, -0.05) is 24.9 Å². The van der Waals surface area contributed by atoms with Crippen molar-refractivity contribution in [3.63, 3.8) is 0 Å². The third kappa shape index (κ3) is 4.87. The summed E-state index contributed by atoms with van der Waals surface area (Å²) in [5.41, 5.74) is 2.20. The van der Waals surface area contributed by atoms with Crippen molar-refractivity contribution in [2.75, 3.05) is 13.2 Å². The smallest absolute Gasteiger partial charge is 0.125 e. The lowest BCUT2D eigenvalue weighted by Gasteiger charge is -2.15. The number of ether oxygens (including phenoxy) is 1. The Balaban J connectivity index is 2.40. The summed E-state index contributed by atoms with van der Waals surface area (Å²) < 4.78 is 5.83. The highest BCUT2D eigenvalue weighted by atomic mass is 35.5. The Kier molecular flexibility index (Phi) is 6.51. The molecule has 0 bridgehead atoms. The average molecular weight is 270 g/mol. The molecule has 102 valence electrons. The van der Waals surface area contributed by atoms with Crippen molar-refractivity contribution >= 4 is 11.6 Å². The fourth-order valence-corrected chi connectivity index (χ4v) is 2.45. The van der Waals surface area contributed by atoms with E-state index in [1.165, 1.54) is 12.8 Å². The maximum absolute atomic E-state index is 5.99. The molecule has 18 heavy (non-hydrogen) atoms. The molecule has 0 amide bonds. The first kappa shape index (κ1) is 15.3. The van der Waals surface area contributed by atoms with Gasteiger partial charge in [0.2, 0.25) is 0 Å². The third-order valence-electron chi connectivity index (χ3n) is 2.99. The summed E-state index contributed by atoms with van der Waals surface area (Å²) in [7, 11) is 0. The zero-order chi connectivity index (χ0) is 13.5. The van der Waals surface area contributed by atoms with Crippen LogP contribution in [0.25, 0.3) is 0 Å². The van der Waals surface area contributed by atoms with Crippen LogP contribution in [0.5, 0.6) is 5.75 Å². The summed E-state index contributed by atoms with van der Waals surface area (Å²) in [6.07, 6.45) is 2.42. The van der Waals surface area contributed by atoms with Gasteiger partial charge in [0, 0.05) is 17.6 Å². The highest BCUT2D eigenvalue weighted by molar-refractivity contribution is 6.30. The van der Waals surface area contributed by atoms with Crippen LogP contribution in [0.4, 0.5) is 0 Å². The van der Waals surface area contributed by atoms with Gasteiger partial charge in [0.15, 0.2) is 0 Å². The molecule has 0 aliphatic carbocycles. The molecule has 0 spiro atoms. The zero-order valence-corrected chi connectivity index (χ0v) is 12.6. The van der Waals surface area contributed by atoms with Crippen molar-refractivity contribution in [2.24, 2.45) is 0 Å². The maximum atomic E-state index is 5.99. The molecule has 2 nitrogen and oxygen atoms in total.